The van der Waals surface area contributed by atoms with Crippen molar-refractivity contribution < 1.29 is 14.3 Å². The van der Waals surface area contributed by atoms with Gasteiger partial charge < -0.3 is 19.9 Å². The molecule has 1 saturated carbocycles. The van der Waals surface area contributed by atoms with Crippen molar-refractivity contribution in [2.45, 2.75) is 52.1 Å². The predicted molar refractivity (Wildman–Crippen MR) is 84.6 cm³/mol. The second-order valence-corrected chi connectivity index (χ2v) is 6.90. The van der Waals surface area contributed by atoms with Crippen molar-refractivity contribution in [3.63, 3.8) is 0 Å². The second kappa shape index (κ2) is 7.20. The van der Waals surface area contributed by atoms with E-state index in [2.05, 4.69) is 26.1 Å². The second-order valence-electron chi connectivity index (χ2n) is 6.90. The van der Waals surface area contributed by atoms with Gasteiger partial charge in [-0.25, -0.2) is 9.59 Å². The van der Waals surface area contributed by atoms with Crippen LogP contribution in [0.2, 0.25) is 0 Å². The van der Waals surface area contributed by atoms with E-state index in [0.29, 0.717) is 19.0 Å². The molecule has 1 saturated heterocycles. The molecule has 126 valence electrons. The van der Waals surface area contributed by atoms with Crippen molar-refractivity contribution >= 4 is 12.1 Å². The lowest BCUT2D eigenvalue weighted by atomic mass is 10.1. The molecule has 2 aliphatic rings. The van der Waals surface area contributed by atoms with Crippen molar-refractivity contribution in [3.8, 4) is 0 Å². The first-order valence-corrected chi connectivity index (χ1v) is 8.32. The van der Waals surface area contributed by atoms with Crippen molar-refractivity contribution in [1.82, 2.24) is 15.1 Å². The number of carbonyl (C=O) groups is 2. The van der Waals surface area contributed by atoms with Crippen molar-refractivity contribution in [2.24, 2.45) is 11.8 Å². The van der Waals surface area contributed by atoms with Crippen LogP contribution in [0.15, 0.2) is 0 Å². The molecule has 2 atom stereocenters. The third-order valence-corrected chi connectivity index (χ3v) is 4.85. The third-order valence-electron chi connectivity index (χ3n) is 4.85. The van der Waals surface area contributed by atoms with E-state index < -0.39 is 0 Å². The Morgan fingerprint density at radius 2 is 1.91 bits per heavy atom. The van der Waals surface area contributed by atoms with Gasteiger partial charge in [0.2, 0.25) is 0 Å². The Kier molecular flexibility index (Phi) is 5.53. The number of ether oxygens (including phenoxy) is 1. The Balaban J connectivity index is 1.79. The lowest BCUT2D eigenvalue weighted by Gasteiger charge is -2.34. The zero-order valence-corrected chi connectivity index (χ0v) is 14.2. The van der Waals surface area contributed by atoms with Gasteiger partial charge in [0.05, 0.1) is 7.11 Å². The van der Waals surface area contributed by atoms with Crippen molar-refractivity contribution in [3.05, 3.63) is 0 Å². The number of methoxy groups -OCH3 is 1. The van der Waals surface area contributed by atoms with Gasteiger partial charge in [0.1, 0.15) is 0 Å². The molecule has 1 N–H and O–H groups in total. The molecule has 0 spiro atoms. The number of carbonyl (C=O) groups excluding carboxylic acids is 2. The zero-order chi connectivity index (χ0) is 16.3. The van der Waals surface area contributed by atoms with Gasteiger partial charge in [-0.15, -0.1) is 0 Å². The minimum Gasteiger partial charge on any atom is -0.453 e. The summed E-state index contributed by atoms with van der Waals surface area (Å²) < 4.78 is 4.73. The van der Waals surface area contributed by atoms with E-state index in [4.69, 9.17) is 4.74 Å². The van der Waals surface area contributed by atoms with E-state index in [-0.39, 0.29) is 24.2 Å². The first-order valence-electron chi connectivity index (χ1n) is 8.32. The summed E-state index contributed by atoms with van der Waals surface area (Å²) in [5.74, 6) is 1.41. The molecule has 3 amide bonds. The van der Waals surface area contributed by atoms with Gasteiger partial charge in [-0.1, -0.05) is 6.92 Å². The maximum absolute atomic E-state index is 12.5. The van der Waals surface area contributed by atoms with E-state index in [9.17, 15) is 9.59 Å². The molecule has 2 fully saturated rings. The maximum Gasteiger partial charge on any atom is 0.409 e. The molecule has 6 heteroatoms. The fourth-order valence-corrected chi connectivity index (χ4v) is 3.03. The molecule has 0 radical (unpaired) electrons. The Labute approximate surface area is 133 Å². The number of piperidine rings is 1. The summed E-state index contributed by atoms with van der Waals surface area (Å²) >= 11 is 0. The topological polar surface area (TPSA) is 61.9 Å². The lowest BCUT2D eigenvalue weighted by molar-refractivity contribution is 0.109. The number of hydrogen-bond donors (Lipinski definition) is 1. The quantitative estimate of drug-likeness (QED) is 0.866. The fraction of sp³-hybridized carbons (Fsp3) is 0.875. The molecule has 2 rings (SSSR count). The molecule has 0 aromatic heterocycles. The molecular formula is C16H29N3O3. The molecular weight excluding hydrogens is 282 g/mol. The molecule has 1 heterocycles. The van der Waals surface area contributed by atoms with E-state index in [0.717, 1.165) is 25.3 Å². The lowest BCUT2D eigenvalue weighted by Crippen LogP contribution is -2.52. The largest absolute Gasteiger partial charge is 0.453 e. The van der Waals surface area contributed by atoms with Crippen LogP contribution in [0.5, 0.6) is 0 Å². The van der Waals surface area contributed by atoms with Gasteiger partial charge in [-0.2, -0.15) is 0 Å². The molecule has 1 aliphatic carbocycles. The minimum absolute atomic E-state index is 0.0330. The molecule has 0 bridgehead atoms. The standard InChI is InChI=1S/C16H29N3O3/c1-11(2)19(10-13-9-12(13)3)15(20)17-14-5-7-18(8-6-14)16(21)22-4/h11-14H,5-10H2,1-4H3,(H,17,20)/t12-,13-/m1/s1. The van der Waals surface area contributed by atoms with Gasteiger partial charge in [0, 0.05) is 31.7 Å². The van der Waals surface area contributed by atoms with Gasteiger partial charge >= 0.3 is 12.1 Å². The number of urea groups is 1. The van der Waals surface area contributed by atoms with Gasteiger partial charge in [-0.05, 0) is 44.9 Å². The van der Waals surface area contributed by atoms with Crippen molar-refractivity contribution in [1.29, 1.82) is 0 Å². The Bertz CT molecular complexity index is 405. The average molecular weight is 311 g/mol. The SMILES string of the molecule is COC(=O)N1CCC(NC(=O)N(C[C@H]2C[C@H]2C)C(C)C)CC1. The monoisotopic (exact) mass is 311 g/mol. The van der Waals surface area contributed by atoms with Gasteiger partial charge in [0.15, 0.2) is 0 Å². The highest BCUT2D eigenvalue weighted by atomic mass is 16.5. The first kappa shape index (κ1) is 16.9. The fourth-order valence-electron chi connectivity index (χ4n) is 3.03. The molecule has 6 nitrogen and oxygen atoms in total. The smallest absolute Gasteiger partial charge is 0.409 e. The van der Waals surface area contributed by atoms with E-state index in [1.54, 1.807) is 4.90 Å². The number of amides is 3. The summed E-state index contributed by atoms with van der Waals surface area (Å²) in [6.45, 7) is 8.49. The highest BCUT2D eigenvalue weighted by Crippen LogP contribution is 2.38. The number of nitrogens with zero attached hydrogens (tertiary/aromatic N) is 2. The predicted octanol–water partition coefficient (Wildman–Crippen LogP) is 2.29. The Morgan fingerprint density at radius 3 is 2.36 bits per heavy atom. The highest BCUT2D eigenvalue weighted by molar-refractivity contribution is 5.75. The third kappa shape index (κ3) is 4.27. The van der Waals surface area contributed by atoms with Crippen molar-refractivity contribution in [2.75, 3.05) is 26.7 Å². The van der Waals surface area contributed by atoms with Crippen LogP contribution >= 0.6 is 0 Å². The number of likely N-dealkylation sites (tertiary alicyclic amines) is 1. The Morgan fingerprint density at radius 1 is 1.32 bits per heavy atom. The number of rotatable bonds is 4. The molecule has 0 aromatic rings. The summed E-state index contributed by atoms with van der Waals surface area (Å²) in [5, 5.41) is 3.13. The van der Waals surface area contributed by atoms with Crippen LogP contribution in [-0.4, -0.2) is 60.8 Å². The normalized spacial score (nSPS) is 25.0. The van der Waals surface area contributed by atoms with Crippen LogP contribution < -0.4 is 5.32 Å². The Hall–Kier alpha value is -1.46. The van der Waals surface area contributed by atoms with Gasteiger partial charge in [0.25, 0.3) is 0 Å². The zero-order valence-electron chi connectivity index (χ0n) is 14.2. The molecule has 22 heavy (non-hydrogen) atoms. The summed E-state index contributed by atoms with van der Waals surface area (Å²) in [4.78, 5) is 27.6. The first-order chi connectivity index (χ1) is 10.4. The summed E-state index contributed by atoms with van der Waals surface area (Å²) in [6, 6.07) is 0.389. The van der Waals surface area contributed by atoms with E-state index in [1.807, 2.05) is 4.90 Å². The van der Waals surface area contributed by atoms with E-state index in [1.165, 1.54) is 13.5 Å². The van der Waals surface area contributed by atoms with Crippen LogP contribution in [0, 0.1) is 11.8 Å². The van der Waals surface area contributed by atoms with E-state index >= 15 is 0 Å². The summed E-state index contributed by atoms with van der Waals surface area (Å²) in [5.41, 5.74) is 0. The van der Waals surface area contributed by atoms with Crippen LogP contribution in [0.3, 0.4) is 0 Å². The van der Waals surface area contributed by atoms with Crippen LogP contribution in [0.4, 0.5) is 9.59 Å². The number of nitrogens with one attached hydrogen (secondary N) is 1. The van der Waals surface area contributed by atoms with Crippen LogP contribution in [0.1, 0.15) is 40.0 Å². The van der Waals surface area contributed by atoms with Gasteiger partial charge in [-0.3, -0.25) is 0 Å². The maximum atomic E-state index is 12.5. The minimum atomic E-state index is -0.281. The molecule has 1 aliphatic heterocycles. The average Bonchev–Trinajstić information content (AvgIpc) is 3.19. The number of hydrogen-bond acceptors (Lipinski definition) is 3. The summed E-state index contributed by atoms with van der Waals surface area (Å²) in [7, 11) is 1.40. The van der Waals surface area contributed by atoms with Crippen LogP contribution in [-0.2, 0) is 4.74 Å². The van der Waals surface area contributed by atoms with Crippen LogP contribution in [0.25, 0.3) is 0 Å². The summed E-state index contributed by atoms with van der Waals surface area (Å²) in [6.07, 6.45) is 2.52. The molecule has 0 unspecified atom stereocenters. The highest BCUT2D eigenvalue weighted by Gasteiger charge is 2.36. The molecule has 0 aromatic carbocycles.